The first-order valence-electron chi connectivity index (χ1n) is 8.04. The standard InChI is InChI=1S/C14H30O6S2.Na/c1-3-4-5-6-7-8-9-10-11-12-13-20-22(18,19)14(2)21(15,16)17;/h14H,3-13H2,1-2H3,(H,15,16,17);/q;+1/p-1. The van der Waals surface area contributed by atoms with Crippen molar-refractivity contribution in [3.05, 3.63) is 0 Å². The molecule has 0 spiro atoms. The molecule has 0 radical (unpaired) electrons. The molecule has 0 saturated heterocycles. The van der Waals surface area contributed by atoms with Gasteiger partial charge in [0.25, 0.3) is 10.1 Å². The van der Waals surface area contributed by atoms with Gasteiger partial charge in [-0.15, -0.1) is 0 Å². The van der Waals surface area contributed by atoms with Crippen LogP contribution in [-0.4, -0.2) is 32.6 Å². The summed E-state index contributed by atoms with van der Waals surface area (Å²) < 4.78 is 57.4. The Morgan fingerprint density at radius 3 is 1.61 bits per heavy atom. The Kier molecular flexibility index (Phi) is 15.9. The summed E-state index contributed by atoms with van der Waals surface area (Å²) in [6.07, 6.45) is 11.0. The number of hydrogen-bond acceptors (Lipinski definition) is 6. The summed E-state index contributed by atoms with van der Waals surface area (Å²) in [5, 5.41) is 0. The summed E-state index contributed by atoms with van der Waals surface area (Å²) in [6.45, 7) is 2.95. The number of rotatable bonds is 14. The van der Waals surface area contributed by atoms with Crippen molar-refractivity contribution in [1.82, 2.24) is 0 Å². The van der Waals surface area contributed by atoms with E-state index < -0.39 is 24.8 Å². The zero-order valence-electron chi connectivity index (χ0n) is 14.6. The normalized spacial score (nSPS) is 13.5. The van der Waals surface area contributed by atoms with E-state index in [1.54, 1.807) is 0 Å². The van der Waals surface area contributed by atoms with Crippen LogP contribution in [0, 0.1) is 0 Å². The van der Waals surface area contributed by atoms with Crippen LogP contribution < -0.4 is 29.6 Å². The summed E-state index contributed by atoms with van der Waals surface area (Å²) in [5.74, 6) is 0. The zero-order valence-corrected chi connectivity index (χ0v) is 18.3. The molecule has 9 heteroatoms. The Labute approximate surface area is 163 Å². The van der Waals surface area contributed by atoms with Crippen molar-refractivity contribution < 1.29 is 55.1 Å². The van der Waals surface area contributed by atoms with E-state index in [1.165, 1.54) is 38.5 Å². The predicted molar refractivity (Wildman–Crippen MR) is 85.9 cm³/mol. The van der Waals surface area contributed by atoms with Gasteiger partial charge in [-0.3, -0.25) is 4.18 Å². The van der Waals surface area contributed by atoms with Gasteiger partial charge in [0.05, 0.1) is 6.61 Å². The molecular weight excluding hydrogens is 351 g/mol. The molecule has 0 amide bonds. The van der Waals surface area contributed by atoms with Gasteiger partial charge in [-0.25, -0.2) is 8.42 Å². The summed E-state index contributed by atoms with van der Waals surface area (Å²) >= 11 is 0. The zero-order chi connectivity index (χ0) is 17.1. The molecule has 0 aliphatic rings. The minimum atomic E-state index is -4.89. The molecule has 0 aliphatic heterocycles. The first kappa shape index (κ1) is 26.1. The average molecular weight is 381 g/mol. The second-order valence-corrected chi connectivity index (χ2v) is 9.48. The van der Waals surface area contributed by atoms with E-state index in [1.807, 2.05) is 0 Å². The van der Waals surface area contributed by atoms with Crippen LogP contribution >= 0.6 is 0 Å². The Morgan fingerprint density at radius 2 is 1.22 bits per heavy atom. The van der Waals surface area contributed by atoms with Gasteiger partial charge in [0, 0.05) is 0 Å². The average Bonchev–Trinajstić information content (AvgIpc) is 2.43. The minimum Gasteiger partial charge on any atom is -0.747 e. The largest absolute Gasteiger partial charge is 1.00 e. The molecule has 0 rings (SSSR count). The molecule has 0 fully saturated rings. The smallest absolute Gasteiger partial charge is 0.747 e. The van der Waals surface area contributed by atoms with Crippen molar-refractivity contribution in [1.29, 1.82) is 0 Å². The maximum Gasteiger partial charge on any atom is 1.00 e. The van der Waals surface area contributed by atoms with Crippen molar-refractivity contribution in [3.63, 3.8) is 0 Å². The van der Waals surface area contributed by atoms with Crippen LogP contribution in [0.4, 0.5) is 0 Å². The van der Waals surface area contributed by atoms with Gasteiger partial charge in [-0.1, -0.05) is 64.7 Å². The summed E-state index contributed by atoms with van der Waals surface area (Å²) in [6, 6.07) is 0. The van der Waals surface area contributed by atoms with Crippen molar-refractivity contribution in [2.24, 2.45) is 0 Å². The Morgan fingerprint density at radius 1 is 0.826 bits per heavy atom. The van der Waals surface area contributed by atoms with Gasteiger partial charge < -0.3 is 4.55 Å². The molecule has 0 aromatic rings. The fraction of sp³-hybridized carbons (Fsp3) is 1.00. The van der Waals surface area contributed by atoms with Crippen molar-refractivity contribution >= 4 is 20.2 Å². The maximum absolute atomic E-state index is 11.4. The maximum atomic E-state index is 11.4. The second kappa shape index (κ2) is 14.0. The topological polar surface area (TPSA) is 101 Å². The predicted octanol–water partition coefficient (Wildman–Crippen LogP) is 0.149. The van der Waals surface area contributed by atoms with E-state index in [0.29, 0.717) is 6.42 Å². The van der Waals surface area contributed by atoms with Crippen LogP contribution in [-0.2, 0) is 24.4 Å². The molecule has 1 atom stereocenters. The van der Waals surface area contributed by atoms with Gasteiger partial charge in [0.15, 0.2) is 4.58 Å². The van der Waals surface area contributed by atoms with E-state index in [4.69, 9.17) is 0 Å². The molecule has 0 heterocycles. The Balaban J connectivity index is 0. The third-order valence-electron chi connectivity index (χ3n) is 3.56. The van der Waals surface area contributed by atoms with Crippen LogP contribution in [0.1, 0.15) is 78.1 Å². The van der Waals surface area contributed by atoms with Gasteiger partial charge >= 0.3 is 29.6 Å². The number of hydrogen-bond donors (Lipinski definition) is 0. The summed E-state index contributed by atoms with van der Waals surface area (Å²) in [5.41, 5.74) is 0. The molecule has 0 N–H and O–H groups in total. The molecule has 0 saturated carbocycles. The van der Waals surface area contributed by atoms with Gasteiger partial charge in [-0.2, -0.15) is 8.42 Å². The van der Waals surface area contributed by atoms with Gasteiger partial charge in [0.1, 0.15) is 10.1 Å². The van der Waals surface area contributed by atoms with Gasteiger partial charge in [0.2, 0.25) is 0 Å². The molecule has 0 aliphatic carbocycles. The number of unbranched alkanes of at least 4 members (excludes halogenated alkanes) is 9. The molecule has 0 aromatic heterocycles. The third-order valence-corrected chi connectivity index (χ3v) is 7.09. The van der Waals surface area contributed by atoms with E-state index in [9.17, 15) is 21.4 Å². The van der Waals surface area contributed by atoms with E-state index in [-0.39, 0.29) is 36.2 Å². The van der Waals surface area contributed by atoms with Crippen LogP contribution in [0.15, 0.2) is 0 Å². The molecule has 134 valence electrons. The molecule has 0 bridgehead atoms. The SMILES string of the molecule is CCCCCCCCCCCCOS(=O)(=O)C(C)S(=O)(=O)[O-].[Na+]. The van der Waals surface area contributed by atoms with E-state index in [2.05, 4.69) is 11.1 Å². The van der Waals surface area contributed by atoms with Gasteiger partial charge in [-0.05, 0) is 13.3 Å². The summed E-state index contributed by atoms with van der Waals surface area (Å²) in [7, 11) is -9.22. The quantitative estimate of drug-likeness (QED) is 0.184. The second-order valence-electron chi connectivity index (χ2n) is 5.56. The monoisotopic (exact) mass is 380 g/mol. The Bertz CT molecular complexity index is 475. The molecule has 6 nitrogen and oxygen atoms in total. The Hall–Kier alpha value is 0.820. The van der Waals surface area contributed by atoms with Crippen LogP contribution in [0.5, 0.6) is 0 Å². The van der Waals surface area contributed by atoms with Crippen molar-refractivity contribution in [3.8, 4) is 0 Å². The van der Waals surface area contributed by atoms with Crippen molar-refractivity contribution in [2.45, 2.75) is 82.6 Å². The van der Waals surface area contributed by atoms with Crippen molar-refractivity contribution in [2.75, 3.05) is 6.61 Å². The van der Waals surface area contributed by atoms with Crippen LogP contribution in [0.25, 0.3) is 0 Å². The first-order chi connectivity index (χ1) is 10.2. The fourth-order valence-electron chi connectivity index (χ4n) is 2.00. The van der Waals surface area contributed by atoms with E-state index >= 15 is 0 Å². The first-order valence-corrected chi connectivity index (χ1v) is 11.0. The molecule has 1 unspecified atom stereocenters. The third kappa shape index (κ3) is 13.8. The van der Waals surface area contributed by atoms with Crippen LogP contribution in [0.3, 0.4) is 0 Å². The molecule has 0 aromatic carbocycles. The minimum absolute atomic E-state index is 0. The van der Waals surface area contributed by atoms with Crippen LogP contribution in [0.2, 0.25) is 0 Å². The van der Waals surface area contributed by atoms with E-state index in [0.717, 1.165) is 26.2 Å². The molecular formula is C14H29NaO6S2. The fourth-order valence-corrected chi connectivity index (χ4v) is 3.87. The molecule has 23 heavy (non-hydrogen) atoms. The summed E-state index contributed by atoms with van der Waals surface area (Å²) in [4.78, 5) is 0.